The molecule has 0 aliphatic rings. The number of benzene rings is 2. The molecule has 0 heterocycles. The largest absolute Gasteiger partial charge is 0.281 e. The van der Waals surface area contributed by atoms with Crippen molar-refractivity contribution in [1.82, 2.24) is 0 Å². The maximum absolute atomic E-state index is 12.1. The third-order valence-electron chi connectivity index (χ3n) is 3.02. The molecule has 98 valence electrons. The summed E-state index contributed by atoms with van der Waals surface area (Å²) in [6, 6.07) is 16.0. The van der Waals surface area contributed by atoms with Gasteiger partial charge in [0.1, 0.15) is 0 Å². The molecule has 0 atom stereocenters. The molecular formula is C16H17NO2. The number of hydrogen-bond donors (Lipinski definition) is 1. The van der Waals surface area contributed by atoms with Crippen LogP contribution in [0.3, 0.4) is 0 Å². The minimum absolute atomic E-state index is 0.420. The van der Waals surface area contributed by atoms with E-state index in [9.17, 15) is 10.0 Å². The Bertz CT molecular complexity index is 547. The van der Waals surface area contributed by atoms with Gasteiger partial charge in [-0.3, -0.25) is 10.0 Å². The van der Waals surface area contributed by atoms with Crippen LogP contribution in [0.2, 0.25) is 0 Å². The molecule has 0 spiro atoms. The van der Waals surface area contributed by atoms with Crippen LogP contribution < -0.4 is 5.06 Å². The summed E-state index contributed by atoms with van der Waals surface area (Å²) in [6.45, 7) is 4.19. The van der Waals surface area contributed by atoms with Gasteiger partial charge < -0.3 is 0 Å². The van der Waals surface area contributed by atoms with Crippen LogP contribution in [-0.2, 0) is 0 Å². The van der Waals surface area contributed by atoms with Crippen molar-refractivity contribution in [3.05, 3.63) is 65.7 Å². The fourth-order valence-electron chi connectivity index (χ4n) is 1.82. The van der Waals surface area contributed by atoms with Crippen molar-refractivity contribution in [2.24, 2.45) is 0 Å². The van der Waals surface area contributed by atoms with Gasteiger partial charge in [0, 0.05) is 5.56 Å². The lowest BCUT2D eigenvalue weighted by Crippen LogP contribution is -2.26. The molecule has 1 N–H and O–H groups in total. The van der Waals surface area contributed by atoms with Gasteiger partial charge in [0.2, 0.25) is 0 Å². The second kappa shape index (κ2) is 5.67. The average Bonchev–Trinajstić information content (AvgIpc) is 2.46. The molecule has 0 saturated carbocycles. The van der Waals surface area contributed by atoms with Gasteiger partial charge in [-0.1, -0.05) is 44.2 Å². The van der Waals surface area contributed by atoms with Crippen LogP contribution >= 0.6 is 0 Å². The highest BCUT2D eigenvalue weighted by Crippen LogP contribution is 2.18. The predicted molar refractivity (Wildman–Crippen MR) is 75.6 cm³/mol. The topological polar surface area (TPSA) is 40.5 Å². The summed E-state index contributed by atoms with van der Waals surface area (Å²) in [6.07, 6.45) is 0. The van der Waals surface area contributed by atoms with Gasteiger partial charge in [-0.25, -0.2) is 0 Å². The molecule has 2 rings (SSSR count). The smallest absolute Gasteiger partial charge is 0.281 e. The van der Waals surface area contributed by atoms with Crippen molar-refractivity contribution in [2.45, 2.75) is 19.8 Å². The average molecular weight is 255 g/mol. The molecule has 0 radical (unpaired) electrons. The molecule has 19 heavy (non-hydrogen) atoms. The van der Waals surface area contributed by atoms with Gasteiger partial charge in [-0.2, -0.15) is 5.06 Å². The third kappa shape index (κ3) is 3.01. The van der Waals surface area contributed by atoms with Gasteiger partial charge in [-0.05, 0) is 35.7 Å². The van der Waals surface area contributed by atoms with E-state index in [1.165, 1.54) is 5.56 Å². The molecular weight excluding hydrogens is 238 g/mol. The Morgan fingerprint density at radius 3 is 2.11 bits per heavy atom. The number of rotatable bonds is 3. The van der Waals surface area contributed by atoms with Crippen LogP contribution in [0.4, 0.5) is 5.69 Å². The number of hydroxylamine groups is 1. The summed E-state index contributed by atoms with van der Waals surface area (Å²) in [5, 5.41) is 10.6. The highest BCUT2D eigenvalue weighted by atomic mass is 16.5. The number of hydrogen-bond acceptors (Lipinski definition) is 2. The fourth-order valence-corrected chi connectivity index (χ4v) is 1.82. The van der Waals surface area contributed by atoms with Crippen molar-refractivity contribution in [1.29, 1.82) is 0 Å². The van der Waals surface area contributed by atoms with E-state index < -0.39 is 5.91 Å². The van der Waals surface area contributed by atoms with E-state index in [-0.39, 0.29) is 0 Å². The summed E-state index contributed by atoms with van der Waals surface area (Å²) in [7, 11) is 0. The number of anilines is 1. The van der Waals surface area contributed by atoms with E-state index in [1.807, 2.05) is 18.2 Å². The van der Waals surface area contributed by atoms with Crippen molar-refractivity contribution in [3.63, 3.8) is 0 Å². The maximum atomic E-state index is 12.1. The van der Waals surface area contributed by atoms with E-state index in [2.05, 4.69) is 13.8 Å². The van der Waals surface area contributed by atoms with Crippen LogP contribution in [0.1, 0.15) is 35.7 Å². The van der Waals surface area contributed by atoms with Crippen LogP contribution in [0, 0.1) is 0 Å². The van der Waals surface area contributed by atoms with E-state index >= 15 is 0 Å². The zero-order valence-corrected chi connectivity index (χ0v) is 11.1. The summed E-state index contributed by atoms with van der Waals surface area (Å²) in [4.78, 5) is 12.1. The summed E-state index contributed by atoms with van der Waals surface area (Å²) in [5.74, 6) is -0.00925. The molecule has 0 fully saturated rings. The van der Waals surface area contributed by atoms with Crippen molar-refractivity contribution in [3.8, 4) is 0 Å². The number of carbonyl (C=O) groups excluding carboxylic acids is 1. The number of nitrogens with zero attached hydrogens (tertiary/aromatic N) is 1. The Morgan fingerprint density at radius 1 is 1.00 bits per heavy atom. The SMILES string of the molecule is CC(C)c1ccc(C(=O)N(O)c2ccccc2)cc1. The Hall–Kier alpha value is -2.13. The number of amides is 1. The molecule has 0 aliphatic heterocycles. The van der Waals surface area contributed by atoms with Crippen molar-refractivity contribution >= 4 is 11.6 Å². The van der Waals surface area contributed by atoms with Crippen LogP contribution in [-0.4, -0.2) is 11.1 Å². The Labute approximate surface area is 113 Å². The highest BCUT2D eigenvalue weighted by Gasteiger charge is 2.15. The molecule has 0 bridgehead atoms. The molecule has 0 unspecified atom stereocenters. The van der Waals surface area contributed by atoms with E-state index in [4.69, 9.17) is 0 Å². The lowest BCUT2D eigenvalue weighted by molar-refractivity contribution is 0.0854. The highest BCUT2D eigenvalue weighted by molar-refractivity contribution is 6.04. The lowest BCUT2D eigenvalue weighted by atomic mass is 10.0. The third-order valence-corrected chi connectivity index (χ3v) is 3.02. The molecule has 1 amide bonds. The first-order valence-corrected chi connectivity index (χ1v) is 6.28. The number of carbonyl (C=O) groups is 1. The second-order valence-electron chi connectivity index (χ2n) is 4.73. The molecule has 2 aromatic carbocycles. The van der Waals surface area contributed by atoms with Gasteiger partial charge in [0.05, 0.1) is 5.69 Å². The van der Waals surface area contributed by atoms with E-state index in [0.717, 1.165) is 0 Å². The van der Waals surface area contributed by atoms with Crippen LogP contribution in [0.25, 0.3) is 0 Å². The van der Waals surface area contributed by atoms with E-state index in [1.54, 1.807) is 36.4 Å². The van der Waals surface area contributed by atoms with Crippen LogP contribution in [0.5, 0.6) is 0 Å². The molecule has 0 saturated heterocycles. The van der Waals surface area contributed by atoms with Gasteiger partial charge in [0.25, 0.3) is 5.91 Å². The second-order valence-corrected chi connectivity index (χ2v) is 4.73. The predicted octanol–water partition coefficient (Wildman–Crippen LogP) is 3.85. The number of para-hydroxylation sites is 1. The molecule has 3 nitrogen and oxygen atoms in total. The van der Waals surface area contributed by atoms with Gasteiger partial charge in [0.15, 0.2) is 0 Å². The lowest BCUT2D eigenvalue weighted by Gasteiger charge is -2.15. The zero-order valence-electron chi connectivity index (χ0n) is 11.1. The summed E-state index contributed by atoms with van der Waals surface area (Å²) >= 11 is 0. The monoisotopic (exact) mass is 255 g/mol. The first kappa shape index (κ1) is 13.3. The normalized spacial score (nSPS) is 10.5. The standard InChI is InChI=1S/C16H17NO2/c1-12(2)13-8-10-14(11-9-13)16(18)17(19)15-6-4-3-5-7-15/h3-12,19H,1-2H3. The zero-order chi connectivity index (χ0) is 13.8. The Morgan fingerprint density at radius 2 is 1.58 bits per heavy atom. The first-order chi connectivity index (χ1) is 9.09. The first-order valence-electron chi connectivity index (χ1n) is 6.28. The Balaban J connectivity index is 2.20. The van der Waals surface area contributed by atoms with Crippen molar-refractivity contribution < 1.29 is 10.0 Å². The molecule has 3 heteroatoms. The van der Waals surface area contributed by atoms with Gasteiger partial charge in [-0.15, -0.1) is 0 Å². The maximum Gasteiger partial charge on any atom is 0.281 e. The Kier molecular flexibility index (Phi) is 3.97. The van der Waals surface area contributed by atoms with Gasteiger partial charge >= 0.3 is 0 Å². The van der Waals surface area contributed by atoms with Crippen molar-refractivity contribution in [2.75, 3.05) is 5.06 Å². The minimum Gasteiger partial charge on any atom is -0.281 e. The molecule has 0 aliphatic carbocycles. The quantitative estimate of drug-likeness (QED) is 0.668. The molecule has 2 aromatic rings. The summed E-state index contributed by atoms with van der Waals surface area (Å²) in [5.41, 5.74) is 2.09. The minimum atomic E-state index is -0.429. The fraction of sp³-hybridized carbons (Fsp3) is 0.188. The van der Waals surface area contributed by atoms with Crippen LogP contribution in [0.15, 0.2) is 54.6 Å². The molecule has 0 aromatic heterocycles. The summed E-state index contributed by atoms with van der Waals surface area (Å²) < 4.78 is 0. The van der Waals surface area contributed by atoms with E-state index in [0.29, 0.717) is 22.2 Å².